The molecule has 1 aliphatic rings. The Morgan fingerprint density at radius 3 is 2.87 bits per heavy atom. The number of allylic oxidation sites excluding steroid dienone is 1. The van der Waals surface area contributed by atoms with Crippen LogP contribution in [0.2, 0.25) is 0 Å². The van der Waals surface area contributed by atoms with Crippen molar-refractivity contribution in [3.05, 3.63) is 48.2 Å². The monoisotopic (exact) mass is 202 g/mol. The molecule has 1 aromatic carbocycles. The summed E-state index contributed by atoms with van der Waals surface area (Å²) in [4.78, 5) is 11.5. The molecule has 1 unspecified atom stereocenters. The fourth-order valence-electron chi connectivity index (χ4n) is 1.78. The molecule has 0 aromatic heterocycles. The molecule has 2 rings (SSSR count). The molecule has 0 aliphatic carbocycles. The van der Waals surface area contributed by atoms with Crippen molar-refractivity contribution in [2.24, 2.45) is 5.92 Å². The van der Waals surface area contributed by atoms with Crippen molar-refractivity contribution in [1.82, 2.24) is 0 Å². The van der Waals surface area contributed by atoms with Gasteiger partial charge in [-0.15, -0.1) is 0 Å². The van der Waals surface area contributed by atoms with Crippen LogP contribution in [0.25, 0.3) is 0 Å². The second kappa shape index (κ2) is 4.78. The summed E-state index contributed by atoms with van der Waals surface area (Å²) in [5.41, 5.74) is 1.20. The standard InChI is InChI=1S/C13H14O2/c14-13-12(8-4-5-9-15-13)10-11-6-2-1-3-7-11/h1-3,5-7,9,12H,4,8,10H2. The van der Waals surface area contributed by atoms with E-state index in [4.69, 9.17) is 4.74 Å². The van der Waals surface area contributed by atoms with E-state index in [1.165, 1.54) is 11.8 Å². The van der Waals surface area contributed by atoms with Gasteiger partial charge in [0.2, 0.25) is 0 Å². The van der Waals surface area contributed by atoms with Gasteiger partial charge >= 0.3 is 5.97 Å². The Kier molecular flexibility index (Phi) is 3.18. The second-order valence-electron chi connectivity index (χ2n) is 3.77. The number of hydrogen-bond acceptors (Lipinski definition) is 2. The fourth-order valence-corrected chi connectivity index (χ4v) is 1.78. The average Bonchev–Trinajstić information content (AvgIpc) is 2.46. The number of cyclic esters (lactones) is 1. The molecular weight excluding hydrogens is 188 g/mol. The molecule has 2 nitrogen and oxygen atoms in total. The third kappa shape index (κ3) is 2.69. The summed E-state index contributed by atoms with van der Waals surface area (Å²) in [5.74, 6) is -0.102. The SMILES string of the molecule is O=C1OC=CCCC1Cc1ccccc1. The molecule has 2 heteroatoms. The van der Waals surface area contributed by atoms with Crippen LogP contribution in [-0.4, -0.2) is 5.97 Å². The summed E-state index contributed by atoms with van der Waals surface area (Å²) in [6.45, 7) is 0. The Balaban J connectivity index is 2.02. The molecule has 0 bridgehead atoms. The number of carbonyl (C=O) groups excluding carboxylic acids is 1. The van der Waals surface area contributed by atoms with Crippen molar-refractivity contribution in [3.63, 3.8) is 0 Å². The van der Waals surface area contributed by atoms with Crippen molar-refractivity contribution >= 4 is 5.97 Å². The minimum atomic E-state index is -0.104. The van der Waals surface area contributed by atoms with Crippen molar-refractivity contribution in [1.29, 1.82) is 0 Å². The van der Waals surface area contributed by atoms with Gasteiger partial charge < -0.3 is 4.74 Å². The van der Waals surface area contributed by atoms with Crippen molar-refractivity contribution in [2.75, 3.05) is 0 Å². The molecule has 0 amide bonds. The molecular formula is C13H14O2. The smallest absolute Gasteiger partial charge is 0.314 e. The number of ether oxygens (including phenoxy) is 1. The lowest BCUT2D eigenvalue weighted by Gasteiger charge is -2.11. The van der Waals surface area contributed by atoms with E-state index < -0.39 is 0 Å². The molecule has 0 N–H and O–H groups in total. The summed E-state index contributed by atoms with van der Waals surface area (Å²) < 4.78 is 4.97. The highest BCUT2D eigenvalue weighted by Gasteiger charge is 2.20. The van der Waals surface area contributed by atoms with E-state index in [2.05, 4.69) is 0 Å². The van der Waals surface area contributed by atoms with Gasteiger partial charge in [-0.1, -0.05) is 30.3 Å². The van der Waals surface area contributed by atoms with E-state index in [0.29, 0.717) is 0 Å². The predicted molar refractivity (Wildman–Crippen MR) is 58.1 cm³/mol. The normalized spacial score (nSPS) is 20.8. The fraction of sp³-hybridized carbons (Fsp3) is 0.308. The molecule has 0 saturated carbocycles. The van der Waals surface area contributed by atoms with Gasteiger partial charge in [-0.25, -0.2) is 0 Å². The maximum atomic E-state index is 11.5. The lowest BCUT2D eigenvalue weighted by Crippen LogP contribution is -2.16. The molecule has 78 valence electrons. The highest BCUT2D eigenvalue weighted by atomic mass is 16.5. The molecule has 1 aliphatic heterocycles. The third-order valence-electron chi connectivity index (χ3n) is 2.62. The van der Waals surface area contributed by atoms with E-state index in [0.717, 1.165) is 19.3 Å². The molecule has 1 atom stereocenters. The molecule has 0 fully saturated rings. The number of esters is 1. The molecule has 0 spiro atoms. The van der Waals surface area contributed by atoms with Crippen LogP contribution in [0.3, 0.4) is 0 Å². The summed E-state index contributed by atoms with van der Waals surface area (Å²) in [6, 6.07) is 10.1. The van der Waals surface area contributed by atoms with Crippen LogP contribution < -0.4 is 0 Å². The number of carbonyl (C=O) groups is 1. The Morgan fingerprint density at radius 1 is 1.27 bits per heavy atom. The van der Waals surface area contributed by atoms with Crippen LogP contribution in [0.1, 0.15) is 18.4 Å². The van der Waals surface area contributed by atoms with Gasteiger partial charge in [0.1, 0.15) is 0 Å². The van der Waals surface area contributed by atoms with Gasteiger partial charge in [0.25, 0.3) is 0 Å². The zero-order valence-corrected chi connectivity index (χ0v) is 8.56. The molecule has 15 heavy (non-hydrogen) atoms. The maximum Gasteiger partial charge on any atom is 0.314 e. The second-order valence-corrected chi connectivity index (χ2v) is 3.77. The Bertz CT molecular complexity index is 354. The van der Waals surface area contributed by atoms with E-state index >= 15 is 0 Å². The summed E-state index contributed by atoms with van der Waals surface area (Å²) in [7, 11) is 0. The first kappa shape index (κ1) is 9.97. The first-order chi connectivity index (χ1) is 7.36. The van der Waals surface area contributed by atoms with Gasteiger partial charge in [-0.2, -0.15) is 0 Å². The van der Waals surface area contributed by atoms with Crippen LogP contribution in [0, 0.1) is 5.92 Å². The van der Waals surface area contributed by atoms with Crippen molar-refractivity contribution < 1.29 is 9.53 Å². The van der Waals surface area contributed by atoms with E-state index in [-0.39, 0.29) is 11.9 Å². The Labute approximate surface area is 89.6 Å². The zero-order valence-electron chi connectivity index (χ0n) is 8.56. The number of rotatable bonds is 2. The van der Waals surface area contributed by atoms with Crippen LogP contribution in [0.4, 0.5) is 0 Å². The summed E-state index contributed by atoms with van der Waals surface area (Å²) in [5, 5.41) is 0. The zero-order chi connectivity index (χ0) is 10.5. The highest BCUT2D eigenvalue weighted by Crippen LogP contribution is 2.18. The average molecular weight is 202 g/mol. The van der Waals surface area contributed by atoms with E-state index in [9.17, 15) is 4.79 Å². The molecule has 0 radical (unpaired) electrons. The van der Waals surface area contributed by atoms with Crippen molar-refractivity contribution in [2.45, 2.75) is 19.3 Å². The number of benzene rings is 1. The van der Waals surface area contributed by atoms with Crippen LogP contribution >= 0.6 is 0 Å². The molecule has 1 heterocycles. The lowest BCUT2D eigenvalue weighted by molar-refractivity contribution is -0.142. The Morgan fingerprint density at radius 2 is 2.07 bits per heavy atom. The largest absolute Gasteiger partial charge is 0.435 e. The Hall–Kier alpha value is -1.57. The number of hydrogen-bond donors (Lipinski definition) is 0. The molecule has 1 aromatic rings. The topological polar surface area (TPSA) is 26.3 Å². The van der Waals surface area contributed by atoms with Gasteiger partial charge in [0, 0.05) is 0 Å². The first-order valence-electron chi connectivity index (χ1n) is 5.25. The van der Waals surface area contributed by atoms with Crippen LogP contribution in [0.5, 0.6) is 0 Å². The quantitative estimate of drug-likeness (QED) is 0.689. The maximum absolute atomic E-state index is 11.5. The third-order valence-corrected chi connectivity index (χ3v) is 2.62. The van der Waals surface area contributed by atoms with Gasteiger partial charge in [-0.05, 0) is 30.9 Å². The minimum absolute atomic E-state index is 0.00222. The summed E-state index contributed by atoms with van der Waals surface area (Å²) in [6.07, 6.45) is 5.99. The summed E-state index contributed by atoms with van der Waals surface area (Å²) >= 11 is 0. The highest BCUT2D eigenvalue weighted by molar-refractivity contribution is 5.73. The van der Waals surface area contributed by atoms with Crippen LogP contribution in [0.15, 0.2) is 42.7 Å². The predicted octanol–water partition coefficient (Wildman–Crippen LogP) is 2.70. The molecule has 0 saturated heterocycles. The van der Waals surface area contributed by atoms with E-state index in [1.807, 2.05) is 36.4 Å². The van der Waals surface area contributed by atoms with E-state index in [1.54, 1.807) is 0 Å². The first-order valence-corrected chi connectivity index (χ1v) is 5.25. The van der Waals surface area contributed by atoms with Gasteiger partial charge in [-0.3, -0.25) is 4.79 Å². The lowest BCUT2D eigenvalue weighted by atomic mass is 9.95. The van der Waals surface area contributed by atoms with Crippen molar-refractivity contribution in [3.8, 4) is 0 Å². The van der Waals surface area contributed by atoms with Gasteiger partial charge in [0.15, 0.2) is 0 Å². The van der Waals surface area contributed by atoms with Crippen LogP contribution in [-0.2, 0) is 16.0 Å². The van der Waals surface area contributed by atoms with Gasteiger partial charge in [0.05, 0.1) is 12.2 Å². The minimum Gasteiger partial charge on any atom is -0.435 e.